The van der Waals surface area contributed by atoms with Crippen LogP contribution in [0, 0.1) is 6.92 Å². The molecule has 0 radical (unpaired) electrons. The minimum atomic E-state index is -0.00424. The second-order valence-electron chi connectivity index (χ2n) is 7.56. The van der Waals surface area contributed by atoms with Gasteiger partial charge in [-0.15, -0.1) is 0 Å². The lowest BCUT2D eigenvalue weighted by molar-refractivity contribution is 0.299. The molecular formula is C26H30NOP. The first-order valence-corrected chi connectivity index (χ1v) is 11.1. The van der Waals surface area contributed by atoms with Gasteiger partial charge in [0.25, 0.3) is 0 Å². The molecule has 0 spiro atoms. The Morgan fingerprint density at radius 2 is 1.72 bits per heavy atom. The van der Waals surface area contributed by atoms with Crippen LogP contribution in [0.4, 0.5) is 0 Å². The average Bonchev–Trinajstić information content (AvgIpc) is 2.75. The van der Waals surface area contributed by atoms with Gasteiger partial charge in [0.1, 0.15) is 12.4 Å². The standard InChI is InChI=1S/C26H30NOP/c1-5-26(3,29-25-14-10-9-13-22(25)18-27-4)23-17-20(2)15-16-24(23)28-19-21-11-7-6-8-12-21/h6-18,29H,5,19H2,1-4H3. The van der Waals surface area contributed by atoms with Crippen LogP contribution in [0.25, 0.3) is 0 Å². The normalized spacial score (nSPS) is 13.8. The minimum Gasteiger partial charge on any atom is -0.489 e. The molecule has 2 unspecified atom stereocenters. The van der Waals surface area contributed by atoms with E-state index in [1.807, 2.05) is 19.3 Å². The van der Waals surface area contributed by atoms with Crippen LogP contribution < -0.4 is 10.0 Å². The number of ether oxygens (including phenoxy) is 1. The topological polar surface area (TPSA) is 21.6 Å². The van der Waals surface area contributed by atoms with Crippen molar-refractivity contribution in [1.29, 1.82) is 0 Å². The van der Waals surface area contributed by atoms with E-state index in [1.54, 1.807) is 0 Å². The van der Waals surface area contributed by atoms with Crippen LogP contribution in [0.1, 0.15) is 42.5 Å². The molecule has 0 aromatic heterocycles. The van der Waals surface area contributed by atoms with Crippen LogP contribution in [-0.2, 0) is 11.8 Å². The van der Waals surface area contributed by atoms with Gasteiger partial charge in [-0.2, -0.15) is 0 Å². The third-order valence-corrected chi connectivity index (χ3v) is 7.21. The summed E-state index contributed by atoms with van der Waals surface area (Å²) in [6.07, 6.45) is 3.00. The highest BCUT2D eigenvalue weighted by molar-refractivity contribution is 7.48. The number of benzene rings is 3. The number of hydrogen-bond acceptors (Lipinski definition) is 2. The maximum Gasteiger partial charge on any atom is 0.123 e. The molecule has 0 amide bonds. The molecule has 3 rings (SSSR count). The molecule has 3 aromatic rings. The fourth-order valence-corrected chi connectivity index (χ4v) is 5.02. The molecule has 3 aromatic carbocycles. The molecule has 0 saturated heterocycles. The van der Waals surface area contributed by atoms with Gasteiger partial charge in [0.05, 0.1) is 0 Å². The molecule has 0 bridgehead atoms. The number of hydrogen-bond donors (Lipinski definition) is 0. The van der Waals surface area contributed by atoms with Crippen molar-refractivity contribution in [3.05, 3.63) is 95.1 Å². The van der Waals surface area contributed by atoms with E-state index in [0.29, 0.717) is 15.2 Å². The number of aryl methyl sites for hydroxylation is 1. The summed E-state index contributed by atoms with van der Waals surface area (Å²) in [6.45, 7) is 7.36. The van der Waals surface area contributed by atoms with Crippen LogP contribution in [0.15, 0.2) is 77.8 Å². The third-order valence-electron chi connectivity index (χ3n) is 5.31. The minimum absolute atomic E-state index is 0.00424. The summed E-state index contributed by atoms with van der Waals surface area (Å²) in [5, 5.41) is 1.34. The highest BCUT2D eigenvalue weighted by Crippen LogP contribution is 2.47. The maximum atomic E-state index is 6.32. The maximum absolute atomic E-state index is 6.32. The van der Waals surface area contributed by atoms with Crippen molar-refractivity contribution in [3.8, 4) is 5.75 Å². The summed E-state index contributed by atoms with van der Waals surface area (Å²) < 4.78 is 6.32. The lowest BCUT2D eigenvalue weighted by Gasteiger charge is -2.32. The predicted octanol–water partition coefficient (Wildman–Crippen LogP) is 6.25. The Morgan fingerprint density at radius 3 is 2.45 bits per heavy atom. The lowest BCUT2D eigenvalue weighted by Crippen LogP contribution is -2.21. The Kier molecular flexibility index (Phi) is 7.23. The van der Waals surface area contributed by atoms with Crippen molar-refractivity contribution in [3.63, 3.8) is 0 Å². The Hall–Kier alpha value is -2.44. The summed E-state index contributed by atoms with van der Waals surface area (Å²) in [4.78, 5) is 4.24. The van der Waals surface area contributed by atoms with Crippen molar-refractivity contribution in [2.75, 3.05) is 7.05 Å². The van der Waals surface area contributed by atoms with Crippen LogP contribution in [0.5, 0.6) is 5.75 Å². The molecule has 29 heavy (non-hydrogen) atoms. The first-order valence-electron chi connectivity index (χ1n) is 10.1. The molecule has 0 heterocycles. The number of nitrogens with zero attached hydrogens (tertiary/aromatic N) is 1. The number of aliphatic imine (C=N–C) groups is 1. The fraction of sp³-hybridized carbons (Fsp3) is 0.269. The molecule has 0 fully saturated rings. The molecule has 3 heteroatoms. The summed E-state index contributed by atoms with van der Waals surface area (Å²) in [6, 6.07) is 25.5. The molecule has 2 nitrogen and oxygen atoms in total. The Balaban J connectivity index is 1.94. The quantitative estimate of drug-likeness (QED) is 0.322. The second-order valence-corrected chi connectivity index (χ2v) is 9.45. The van der Waals surface area contributed by atoms with Crippen molar-refractivity contribution < 1.29 is 4.74 Å². The first-order chi connectivity index (χ1) is 14.1. The van der Waals surface area contributed by atoms with Gasteiger partial charge in [-0.3, -0.25) is 4.99 Å². The van der Waals surface area contributed by atoms with Gasteiger partial charge in [0.2, 0.25) is 0 Å². The fourth-order valence-electron chi connectivity index (χ4n) is 3.44. The lowest BCUT2D eigenvalue weighted by atomic mass is 9.95. The van der Waals surface area contributed by atoms with Crippen LogP contribution in [0.2, 0.25) is 0 Å². The predicted molar refractivity (Wildman–Crippen MR) is 128 cm³/mol. The summed E-state index contributed by atoms with van der Waals surface area (Å²) in [7, 11) is 2.46. The Bertz CT molecular complexity index is 967. The van der Waals surface area contributed by atoms with E-state index in [1.165, 1.54) is 27.6 Å². The zero-order valence-corrected chi connectivity index (χ0v) is 18.8. The van der Waals surface area contributed by atoms with Crippen LogP contribution >= 0.6 is 8.58 Å². The van der Waals surface area contributed by atoms with Crippen LogP contribution in [0.3, 0.4) is 0 Å². The molecule has 0 aliphatic rings. The van der Waals surface area contributed by atoms with E-state index in [0.717, 1.165) is 12.2 Å². The zero-order chi connectivity index (χ0) is 20.7. The van der Waals surface area contributed by atoms with Crippen LogP contribution in [-0.4, -0.2) is 13.3 Å². The largest absolute Gasteiger partial charge is 0.489 e. The van der Waals surface area contributed by atoms with Gasteiger partial charge in [-0.25, -0.2) is 0 Å². The molecule has 0 N–H and O–H groups in total. The molecule has 0 aliphatic heterocycles. The monoisotopic (exact) mass is 403 g/mol. The smallest absolute Gasteiger partial charge is 0.123 e. The van der Waals surface area contributed by atoms with Crippen molar-refractivity contribution in [2.24, 2.45) is 4.99 Å². The third kappa shape index (κ3) is 5.34. The van der Waals surface area contributed by atoms with Gasteiger partial charge in [-0.05, 0) is 35.8 Å². The Morgan fingerprint density at radius 1 is 1.00 bits per heavy atom. The molecule has 0 aliphatic carbocycles. The SMILES string of the molecule is CCC(C)(Pc1ccccc1C=NC)c1cc(C)ccc1OCc1ccccc1. The van der Waals surface area contributed by atoms with E-state index in [-0.39, 0.29) is 5.16 Å². The average molecular weight is 404 g/mol. The van der Waals surface area contributed by atoms with Crippen molar-refractivity contribution in [2.45, 2.75) is 39.0 Å². The summed E-state index contributed by atoms with van der Waals surface area (Å²) >= 11 is 0. The Labute approximate surface area is 176 Å². The molecule has 150 valence electrons. The van der Waals surface area contributed by atoms with E-state index in [2.05, 4.69) is 92.5 Å². The van der Waals surface area contributed by atoms with E-state index in [4.69, 9.17) is 4.74 Å². The molecular weight excluding hydrogens is 373 g/mol. The summed E-state index contributed by atoms with van der Waals surface area (Å²) in [5.74, 6) is 0.984. The molecule has 0 saturated carbocycles. The van der Waals surface area contributed by atoms with E-state index in [9.17, 15) is 0 Å². The van der Waals surface area contributed by atoms with Gasteiger partial charge in [-0.1, -0.05) is 94.7 Å². The zero-order valence-electron chi connectivity index (χ0n) is 17.8. The van der Waals surface area contributed by atoms with Gasteiger partial charge < -0.3 is 4.74 Å². The summed E-state index contributed by atoms with van der Waals surface area (Å²) in [5.41, 5.74) is 4.94. The highest BCUT2D eigenvalue weighted by atomic mass is 31.1. The van der Waals surface area contributed by atoms with Crippen molar-refractivity contribution >= 4 is 20.1 Å². The van der Waals surface area contributed by atoms with Gasteiger partial charge >= 0.3 is 0 Å². The molecule has 2 atom stereocenters. The van der Waals surface area contributed by atoms with E-state index < -0.39 is 0 Å². The van der Waals surface area contributed by atoms with Gasteiger partial charge in [0.15, 0.2) is 0 Å². The highest BCUT2D eigenvalue weighted by Gasteiger charge is 2.29. The van der Waals surface area contributed by atoms with Gasteiger partial charge in [0, 0.05) is 24.0 Å². The first kappa shape index (κ1) is 21.3. The van der Waals surface area contributed by atoms with Crippen molar-refractivity contribution in [1.82, 2.24) is 0 Å². The number of rotatable bonds is 8. The second kappa shape index (κ2) is 9.85. The van der Waals surface area contributed by atoms with E-state index >= 15 is 0 Å².